The first kappa shape index (κ1) is 14.1. The van der Waals surface area contributed by atoms with Crippen molar-refractivity contribution in [3.63, 3.8) is 0 Å². The maximum atomic E-state index is 9.93. The molecule has 2 fully saturated rings. The van der Waals surface area contributed by atoms with Crippen molar-refractivity contribution in [2.24, 2.45) is 5.41 Å². The van der Waals surface area contributed by atoms with Gasteiger partial charge in [-0.1, -0.05) is 30.3 Å². The zero-order valence-electron chi connectivity index (χ0n) is 12.0. The number of hydrogen-bond acceptors (Lipinski definition) is 3. The maximum Gasteiger partial charge on any atom is 0.0647 e. The summed E-state index contributed by atoms with van der Waals surface area (Å²) in [6.07, 6.45) is 4.23. The van der Waals surface area contributed by atoms with Crippen molar-refractivity contribution in [2.75, 3.05) is 19.6 Å². The summed E-state index contributed by atoms with van der Waals surface area (Å²) in [5.41, 5.74) is 1.24. The summed E-state index contributed by atoms with van der Waals surface area (Å²) in [4.78, 5) is 2.48. The highest BCUT2D eigenvalue weighted by Gasteiger charge is 2.54. The van der Waals surface area contributed by atoms with Crippen molar-refractivity contribution in [2.45, 2.75) is 44.3 Å². The highest BCUT2D eigenvalue weighted by atomic mass is 16.3. The lowest BCUT2D eigenvalue weighted by atomic mass is 9.58. The zero-order valence-corrected chi connectivity index (χ0v) is 12.0. The van der Waals surface area contributed by atoms with E-state index in [0.717, 1.165) is 38.9 Å². The first-order valence-corrected chi connectivity index (χ1v) is 7.83. The van der Waals surface area contributed by atoms with E-state index in [0.29, 0.717) is 6.42 Å². The molecule has 0 amide bonds. The van der Waals surface area contributed by atoms with Gasteiger partial charge in [-0.05, 0) is 50.9 Å². The molecule has 2 aliphatic rings. The van der Waals surface area contributed by atoms with E-state index in [-0.39, 0.29) is 17.6 Å². The Morgan fingerprint density at radius 1 is 1.05 bits per heavy atom. The Morgan fingerprint density at radius 2 is 1.70 bits per heavy atom. The van der Waals surface area contributed by atoms with E-state index in [1.165, 1.54) is 12.0 Å². The van der Waals surface area contributed by atoms with E-state index in [1.54, 1.807) is 0 Å². The van der Waals surface area contributed by atoms with Crippen LogP contribution in [0.3, 0.4) is 0 Å². The van der Waals surface area contributed by atoms with Crippen LogP contribution in [0.1, 0.15) is 31.2 Å². The van der Waals surface area contributed by atoms with Gasteiger partial charge in [0.2, 0.25) is 0 Å². The molecule has 1 aliphatic carbocycles. The highest BCUT2D eigenvalue weighted by Crippen LogP contribution is 2.49. The SMILES string of the molecule is O[C@@H]1C[C@H](O)C12CCN(CCCc1ccccc1)CC2. The van der Waals surface area contributed by atoms with Crippen LogP contribution in [0, 0.1) is 5.41 Å². The molecule has 3 nitrogen and oxygen atoms in total. The number of hydrogen-bond donors (Lipinski definition) is 2. The number of aliphatic hydroxyl groups is 2. The Balaban J connectivity index is 1.41. The molecular weight excluding hydrogens is 250 g/mol. The number of aliphatic hydroxyl groups excluding tert-OH is 2. The topological polar surface area (TPSA) is 43.7 Å². The van der Waals surface area contributed by atoms with E-state index >= 15 is 0 Å². The van der Waals surface area contributed by atoms with Gasteiger partial charge in [0.1, 0.15) is 0 Å². The minimum absolute atomic E-state index is 0.171. The fraction of sp³-hybridized carbons (Fsp3) is 0.647. The molecule has 20 heavy (non-hydrogen) atoms. The van der Waals surface area contributed by atoms with Crippen molar-refractivity contribution >= 4 is 0 Å². The average molecular weight is 275 g/mol. The van der Waals surface area contributed by atoms with Crippen LogP contribution in [-0.4, -0.2) is 47.0 Å². The number of benzene rings is 1. The smallest absolute Gasteiger partial charge is 0.0647 e. The summed E-state index contributed by atoms with van der Waals surface area (Å²) in [6.45, 7) is 3.16. The molecule has 1 saturated heterocycles. The Kier molecular flexibility index (Phi) is 4.11. The van der Waals surface area contributed by atoms with Crippen molar-refractivity contribution in [3.05, 3.63) is 35.9 Å². The standard InChI is InChI=1S/C17H25NO2/c19-15-13-16(20)17(15)8-11-18(12-9-17)10-4-7-14-5-2-1-3-6-14/h1-3,5-6,15-16,19-20H,4,7-13H2/t15-,16+. The van der Waals surface area contributed by atoms with Gasteiger partial charge in [0.15, 0.2) is 0 Å². The molecule has 0 bridgehead atoms. The van der Waals surface area contributed by atoms with E-state index in [9.17, 15) is 10.2 Å². The Labute approximate surface area is 121 Å². The highest BCUT2D eigenvalue weighted by molar-refractivity contribution is 5.14. The fourth-order valence-corrected chi connectivity index (χ4v) is 3.75. The van der Waals surface area contributed by atoms with Gasteiger partial charge in [0.05, 0.1) is 12.2 Å². The summed E-state index contributed by atoms with van der Waals surface area (Å²) in [5, 5.41) is 19.9. The molecule has 3 rings (SSSR count). The lowest BCUT2D eigenvalue weighted by molar-refractivity contribution is -0.189. The largest absolute Gasteiger partial charge is 0.392 e. The van der Waals surface area contributed by atoms with Gasteiger partial charge in [-0.2, -0.15) is 0 Å². The molecular formula is C17H25NO2. The molecule has 0 radical (unpaired) electrons. The second-order valence-electron chi connectivity index (χ2n) is 6.43. The quantitative estimate of drug-likeness (QED) is 0.881. The summed E-state index contributed by atoms with van der Waals surface area (Å²) in [6, 6.07) is 10.6. The molecule has 0 aromatic heterocycles. The van der Waals surface area contributed by atoms with Crippen LogP contribution in [0.2, 0.25) is 0 Å². The van der Waals surface area contributed by atoms with Crippen LogP contribution in [0.4, 0.5) is 0 Å². The number of rotatable bonds is 4. The van der Waals surface area contributed by atoms with Gasteiger partial charge in [-0.3, -0.25) is 0 Å². The lowest BCUT2D eigenvalue weighted by Gasteiger charge is -2.55. The molecule has 1 aliphatic heterocycles. The predicted octanol–water partition coefficient (Wildman–Crippen LogP) is 1.83. The van der Waals surface area contributed by atoms with Gasteiger partial charge >= 0.3 is 0 Å². The van der Waals surface area contributed by atoms with Gasteiger partial charge in [0.25, 0.3) is 0 Å². The Hall–Kier alpha value is -0.900. The molecule has 2 atom stereocenters. The summed E-state index contributed by atoms with van der Waals surface area (Å²) < 4.78 is 0. The zero-order chi connectivity index (χ0) is 14.0. The molecule has 3 heteroatoms. The lowest BCUT2D eigenvalue weighted by Crippen LogP contribution is -2.61. The molecule has 1 aromatic rings. The number of nitrogens with zero attached hydrogens (tertiary/aromatic N) is 1. The molecule has 0 unspecified atom stereocenters. The van der Waals surface area contributed by atoms with E-state index in [4.69, 9.17) is 0 Å². The third-order valence-corrected chi connectivity index (χ3v) is 5.34. The van der Waals surface area contributed by atoms with E-state index in [2.05, 4.69) is 35.2 Å². The van der Waals surface area contributed by atoms with Crippen LogP contribution < -0.4 is 0 Å². The molecule has 110 valence electrons. The van der Waals surface area contributed by atoms with Gasteiger partial charge in [-0.25, -0.2) is 0 Å². The fourth-order valence-electron chi connectivity index (χ4n) is 3.75. The third-order valence-electron chi connectivity index (χ3n) is 5.34. The van der Waals surface area contributed by atoms with Crippen molar-refractivity contribution in [3.8, 4) is 0 Å². The summed E-state index contributed by atoms with van der Waals surface area (Å²) >= 11 is 0. The second-order valence-corrected chi connectivity index (χ2v) is 6.43. The summed E-state index contributed by atoms with van der Waals surface area (Å²) in [5.74, 6) is 0. The first-order chi connectivity index (χ1) is 9.71. The molecule has 1 spiro atoms. The van der Waals surface area contributed by atoms with Crippen molar-refractivity contribution < 1.29 is 10.2 Å². The molecule has 1 heterocycles. The predicted molar refractivity (Wildman–Crippen MR) is 79.5 cm³/mol. The van der Waals surface area contributed by atoms with Crippen LogP contribution in [-0.2, 0) is 6.42 Å². The minimum Gasteiger partial charge on any atom is -0.392 e. The minimum atomic E-state index is -0.274. The van der Waals surface area contributed by atoms with E-state index in [1.807, 2.05) is 0 Å². The van der Waals surface area contributed by atoms with Crippen LogP contribution >= 0.6 is 0 Å². The van der Waals surface area contributed by atoms with Crippen LogP contribution in [0.15, 0.2) is 30.3 Å². The first-order valence-electron chi connectivity index (χ1n) is 7.83. The summed E-state index contributed by atoms with van der Waals surface area (Å²) in [7, 11) is 0. The van der Waals surface area contributed by atoms with E-state index < -0.39 is 0 Å². The number of likely N-dealkylation sites (tertiary alicyclic amines) is 1. The number of aryl methyl sites for hydroxylation is 1. The second kappa shape index (κ2) is 5.84. The molecule has 1 saturated carbocycles. The normalized spacial score (nSPS) is 29.3. The van der Waals surface area contributed by atoms with Gasteiger partial charge < -0.3 is 15.1 Å². The third kappa shape index (κ3) is 2.62. The molecule has 2 N–H and O–H groups in total. The van der Waals surface area contributed by atoms with Crippen molar-refractivity contribution in [1.29, 1.82) is 0 Å². The van der Waals surface area contributed by atoms with Crippen LogP contribution in [0.25, 0.3) is 0 Å². The van der Waals surface area contributed by atoms with Crippen molar-refractivity contribution in [1.82, 2.24) is 4.90 Å². The molecule has 1 aromatic carbocycles. The maximum absolute atomic E-state index is 9.93. The monoisotopic (exact) mass is 275 g/mol. The number of piperidine rings is 1. The van der Waals surface area contributed by atoms with Crippen LogP contribution in [0.5, 0.6) is 0 Å². The Morgan fingerprint density at radius 3 is 2.30 bits per heavy atom. The Bertz CT molecular complexity index is 416. The van der Waals surface area contributed by atoms with Gasteiger partial charge in [0, 0.05) is 11.8 Å². The average Bonchev–Trinajstić information content (AvgIpc) is 2.49. The van der Waals surface area contributed by atoms with Gasteiger partial charge in [-0.15, -0.1) is 0 Å².